The van der Waals surface area contributed by atoms with E-state index in [1.165, 1.54) is 18.9 Å². The van der Waals surface area contributed by atoms with Gasteiger partial charge in [-0.05, 0) is 25.1 Å². The number of nitrogens with one attached hydrogen (secondary N) is 1. The molecule has 0 saturated carbocycles. The third-order valence-corrected chi connectivity index (χ3v) is 5.61. The van der Waals surface area contributed by atoms with Gasteiger partial charge in [-0.25, -0.2) is 0 Å². The van der Waals surface area contributed by atoms with Crippen LogP contribution in [0.1, 0.15) is 6.92 Å². The lowest BCUT2D eigenvalue weighted by Gasteiger charge is -2.13. The van der Waals surface area contributed by atoms with Crippen molar-refractivity contribution < 1.29 is 14.3 Å². The molecular weight excluding hydrogens is 388 g/mol. The normalized spacial score (nSPS) is 12.1. The Bertz CT molecular complexity index is 1170. The quantitative estimate of drug-likeness (QED) is 0.382. The Hall–Kier alpha value is -3.26. The first kappa shape index (κ1) is 19.1. The SMILES string of the molecule is COC(=O)[C@H](C)Sc1nnc(-c2c[nH]c3ccccc23)n1-c1cccc(OC)c1. The Labute approximate surface area is 172 Å². The molecule has 0 aliphatic carbocycles. The maximum Gasteiger partial charge on any atom is 0.318 e. The molecule has 0 radical (unpaired) electrons. The summed E-state index contributed by atoms with van der Waals surface area (Å²) in [6.45, 7) is 1.78. The Kier molecular flexibility index (Phi) is 5.26. The third-order valence-electron chi connectivity index (χ3n) is 4.59. The molecule has 0 saturated heterocycles. The molecule has 1 atom stereocenters. The number of benzene rings is 2. The molecule has 2 heterocycles. The minimum absolute atomic E-state index is 0.316. The van der Waals surface area contributed by atoms with Gasteiger partial charge < -0.3 is 14.5 Å². The number of rotatable bonds is 6. The second-order valence-corrected chi connectivity index (χ2v) is 7.68. The van der Waals surface area contributed by atoms with Crippen LogP contribution in [0.15, 0.2) is 59.9 Å². The van der Waals surface area contributed by atoms with Crippen molar-refractivity contribution in [1.29, 1.82) is 0 Å². The molecule has 0 aliphatic heterocycles. The molecule has 7 nitrogen and oxygen atoms in total. The van der Waals surface area contributed by atoms with Gasteiger partial charge in [0.1, 0.15) is 11.0 Å². The Morgan fingerprint density at radius 1 is 1.14 bits per heavy atom. The highest BCUT2D eigenvalue weighted by atomic mass is 32.2. The molecule has 4 rings (SSSR count). The smallest absolute Gasteiger partial charge is 0.318 e. The molecule has 1 N–H and O–H groups in total. The molecule has 0 spiro atoms. The number of hydrogen-bond acceptors (Lipinski definition) is 6. The van der Waals surface area contributed by atoms with E-state index in [-0.39, 0.29) is 5.97 Å². The maximum atomic E-state index is 11.9. The van der Waals surface area contributed by atoms with E-state index in [4.69, 9.17) is 9.47 Å². The van der Waals surface area contributed by atoms with Gasteiger partial charge in [0.25, 0.3) is 0 Å². The summed E-state index contributed by atoms with van der Waals surface area (Å²) in [5.41, 5.74) is 2.78. The van der Waals surface area contributed by atoms with Crippen LogP contribution in [0.3, 0.4) is 0 Å². The van der Waals surface area contributed by atoms with Gasteiger partial charge in [-0.3, -0.25) is 9.36 Å². The summed E-state index contributed by atoms with van der Waals surface area (Å²) in [4.78, 5) is 15.2. The summed E-state index contributed by atoms with van der Waals surface area (Å²) in [7, 11) is 3.00. The van der Waals surface area contributed by atoms with E-state index in [9.17, 15) is 4.79 Å². The van der Waals surface area contributed by atoms with Gasteiger partial charge in [-0.2, -0.15) is 0 Å². The number of thioether (sulfide) groups is 1. The number of esters is 1. The molecule has 2 aromatic heterocycles. The topological polar surface area (TPSA) is 82.0 Å². The zero-order chi connectivity index (χ0) is 20.4. The zero-order valence-electron chi connectivity index (χ0n) is 16.2. The summed E-state index contributed by atoms with van der Waals surface area (Å²) < 4.78 is 12.2. The average Bonchev–Trinajstić information content (AvgIpc) is 3.37. The molecule has 0 amide bonds. The van der Waals surface area contributed by atoms with E-state index < -0.39 is 5.25 Å². The summed E-state index contributed by atoms with van der Waals surface area (Å²) in [6.07, 6.45) is 1.92. The number of methoxy groups -OCH3 is 2. The second kappa shape index (κ2) is 8.00. The molecular formula is C21H20N4O3S. The van der Waals surface area contributed by atoms with E-state index >= 15 is 0 Å². The van der Waals surface area contributed by atoms with Crippen LogP contribution < -0.4 is 4.74 Å². The minimum Gasteiger partial charge on any atom is -0.497 e. The van der Waals surface area contributed by atoms with Crippen LogP contribution in [-0.2, 0) is 9.53 Å². The van der Waals surface area contributed by atoms with E-state index in [0.29, 0.717) is 11.0 Å². The lowest BCUT2D eigenvalue weighted by atomic mass is 10.1. The molecule has 2 aromatic carbocycles. The van der Waals surface area contributed by atoms with Gasteiger partial charge in [0, 0.05) is 28.7 Å². The van der Waals surface area contributed by atoms with Crippen LogP contribution >= 0.6 is 11.8 Å². The predicted octanol–water partition coefficient (Wildman–Crippen LogP) is 4.08. The number of carbonyl (C=O) groups excluding carboxylic acids is 1. The molecule has 148 valence electrons. The van der Waals surface area contributed by atoms with Gasteiger partial charge in [0.05, 0.1) is 19.9 Å². The fourth-order valence-corrected chi connectivity index (χ4v) is 4.03. The van der Waals surface area contributed by atoms with Crippen LogP contribution in [-0.4, -0.2) is 45.2 Å². The van der Waals surface area contributed by atoms with Crippen molar-refractivity contribution in [2.45, 2.75) is 17.3 Å². The minimum atomic E-state index is -0.427. The van der Waals surface area contributed by atoms with E-state index in [0.717, 1.165) is 27.9 Å². The highest BCUT2D eigenvalue weighted by Crippen LogP contribution is 2.34. The number of hydrogen-bond donors (Lipinski definition) is 1. The first-order valence-corrected chi connectivity index (χ1v) is 9.91. The summed E-state index contributed by atoms with van der Waals surface area (Å²) >= 11 is 1.30. The summed E-state index contributed by atoms with van der Waals surface area (Å²) in [5, 5.41) is 10.0. The Morgan fingerprint density at radius 3 is 2.76 bits per heavy atom. The lowest BCUT2D eigenvalue weighted by molar-refractivity contribution is -0.139. The van der Waals surface area contributed by atoms with Crippen LogP contribution in [0.25, 0.3) is 28.0 Å². The molecule has 4 aromatic rings. The van der Waals surface area contributed by atoms with Crippen molar-refractivity contribution in [3.8, 4) is 22.8 Å². The molecule has 0 fully saturated rings. The number of para-hydroxylation sites is 1. The largest absolute Gasteiger partial charge is 0.497 e. The molecule has 8 heteroatoms. The van der Waals surface area contributed by atoms with Crippen molar-refractivity contribution in [3.05, 3.63) is 54.7 Å². The summed E-state index contributed by atoms with van der Waals surface area (Å²) in [6, 6.07) is 15.7. The third kappa shape index (κ3) is 3.58. The van der Waals surface area contributed by atoms with Crippen LogP contribution in [0.2, 0.25) is 0 Å². The second-order valence-electron chi connectivity index (χ2n) is 6.37. The monoisotopic (exact) mass is 408 g/mol. The molecule has 0 aliphatic rings. The maximum absolute atomic E-state index is 11.9. The van der Waals surface area contributed by atoms with Crippen molar-refractivity contribution in [3.63, 3.8) is 0 Å². The highest BCUT2D eigenvalue weighted by molar-refractivity contribution is 8.00. The number of aromatic nitrogens is 4. The number of ether oxygens (including phenoxy) is 2. The van der Waals surface area contributed by atoms with Crippen molar-refractivity contribution in [2.75, 3.05) is 14.2 Å². The predicted molar refractivity (Wildman–Crippen MR) is 113 cm³/mol. The van der Waals surface area contributed by atoms with Crippen molar-refractivity contribution in [2.24, 2.45) is 0 Å². The summed E-state index contributed by atoms with van der Waals surface area (Å²) in [5.74, 6) is 1.08. The molecule has 0 unspecified atom stereocenters. The van der Waals surface area contributed by atoms with Crippen LogP contribution in [0, 0.1) is 0 Å². The number of H-pyrrole nitrogens is 1. The Morgan fingerprint density at radius 2 is 1.97 bits per heavy atom. The van der Waals surface area contributed by atoms with Gasteiger partial charge in [0.15, 0.2) is 11.0 Å². The number of aromatic amines is 1. The highest BCUT2D eigenvalue weighted by Gasteiger charge is 2.23. The first-order chi connectivity index (χ1) is 14.1. The first-order valence-electron chi connectivity index (χ1n) is 9.03. The van der Waals surface area contributed by atoms with E-state index in [2.05, 4.69) is 15.2 Å². The van der Waals surface area contributed by atoms with E-state index in [1.807, 2.05) is 59.3 Å². The van der Waals surface area contributed by atoms with Crippen molar-refractivity contribution in [1.82, 2.24) is 19.7 Å². The fraction of sp³-hybridized carbons (Fsp3) is 0.190. The van der Waals surface area contributed by atoms with Gasteiger partial charge in [-0.1, -0.05) is 36.0 Å². The number of carbonyl (C=O) groups is 1. The number of nitrogens with zero attached hydrogens (tertiary/aromatic N) is 3. The van der Waals surface area contributed by atoms with E-state index in [1.54, 1.807) is 14.0 Å². The van der Waals surface area contributed by atoms with Crippen molar-refractivity contribution >= 4 is 28.6 Å². The standard InChI is InChI=1S/C21H20N4O3S/c1-13(20(26)28-3)29-21-24-23-19(17-12-22-18-10-5-4-9-16(17)18)25(21)14-7-6-8-15(11-14)27-2/h4-13,22H,1-3H3/t13-/m0/s1. The lowest BCUT2D eigenvalue weighted by Crippen LogP contribution is -2.15. The van der Waals surface area contributed by atoms with Crippen LogP contribution in [0.5, 0.6) is 5.75 Å². The zero-order valence-corrected chi connectivity index (χ0v) is 17.1. The average molecular weight is 408 g/mol. The van der Waals surface area contributed by atoms with Gasteiger partial charge >= 0.3 is 5.97 Å². The molecule has 0 bridgehead atoms. The fourth-order valence-electron chi connectivity index (χ4n) is 3.13. The van der Waals surface area contributed by atoms with Crippen LogP contribution in [0.4, 0.5) is 0 Å². The Balaban J connectivity index is 1.88. The van der Waals surface area contributed by atoms with Gasteiger partial charge in [-0.15, -0.1) is 10.2 Å². The molecule has 29 heavy (non-hydrogen) atoms. The van der Waals surface area contributed by atoms with Gasteiger partial charge in [0.2, 0.25) is 0 Å². The number of fused-ring (bicyclic) bond motifs is 1.